The zero-order valence-corrected chi connectivity index (χ0v) is 19.5. The smallest absolute Gasteiger partial charge is 0.412 e. The van der Waals surface area contributed by atoms with E-state index in [1.165, 1.54) is 31.3 Å². The molecule has 35 heavy (non-hydrogen) atoms. The van der Waals surface area contributed by atoms with Crippen molar-refractivity contribution in [2.24, 2.45) is 0 Å². The van der Waals surface area contributed by atoms with Crippen LogP contribution in [-0.4, -0.2) is 45.7 Å². The van der Waals surface area contributed by atoms with Crippen molar-refractivity contribution in [3.63, 3.8) is 0 Å². The van der Waals surface area contributed by atoms with Gasteiger partial charge in [0.25, 0.3) is 0 Å². The second-order valence-corrected chi connectivity index (χ2v) is 9.47. The highest BCUT2D eigenvalue weighted by Crippen LogP contribution is 2.21. The van der Waals surface area contributed by atoms with E-state index in [0.29, 0.717) is 16.0 Å². The molecule has 0 aliphatic heterocycles. The van der Waals surface area contributed by atoms with Crippen LogP contribution in [0.25, 0.3) is 5.69 Å². The summed E-state index contributed by atoms with van der Waals surface area (Å²) in [5.41, 5.74) is 1.80. The highest BCUT2D eigenvalue weighted by molar-refractivity contribution is 7.88. The average Bonchev–Trinajstić information content (AvgIpc) is 3.39. The van der Waals surface area contributed by atoms with E-state index in [2.05, 4.69) is 10.1 Å². The second-order valence-electron chi connectivity index (χ2n) is 7.58. The normalized spacial score (nSPS) is 11.5. The van der Waals surface area contributed by atoms with Gasteiger partial charge in [-0.2, -0.15) is 14.1 Å². The van der Waals surface area contributed by atoms with Gasteiger partial charge in [-0.3, -0.25) is 4.90 Å². The van der Waals surface area contributed by atoms with Crippen molar-refractivity contribution < 1.29 is 23.0 Å². The van der Waals surface area contributed by atoms with Gasteiger partial charge in [0.1, 0.15) is 5.82 Å². The van der Waals surface area contributed by atoms with Gasteiger partial charge < -0.3 is 10.3 Å². The number of anilines is 1. The van der Waals surface area contributed by atoms with E-state index in [1.807, 2.05) is 12.1 Å². The molecule has 4 aromatic rings. The van der Waals surface area contributed by atoms with E-state index in [1.54, 1.807) is 47.4 Å². The van der Waals surface area contributed by atoms with Crippen LogP contribution < -0.4 is 9.63 Å². The standard InChI is InChI=1S/C23H22N6O5S/c1-26(23(30)31)21-7-4-6-19(25-21)17-27(35(33,34)22-8-2-3-15-29(22)32)16-18-9-11-20(12-10-18)28-14-5-13-24-28/h2-15H,16-17H2,1H3,(H,30,31). The summed E-state index contributed by atoms with van der Waals surface area (Å²) < 4.78 is 30.1. The maximum absolute atomic E-state index is 13.5. The van der Waals surface area contributed by atoms with E-state index in [-0.39, 0.29) is 18.9 Å². The lowest BCUT2D eigenvalue weighted by molar-refractivity contribution is -0.646. The Morgan fingerprint density at radius 2 is 1.83 bits per heavy atom. The van der Waals surface area contributed by atoms with Gasteiger partial charge in [0.05, 0.1) is 17.9 Å². The first-order valence-electron chi connectivity index (χ1n) is 10.5. The van der Waals surface area contributed by atoms with Gasteiger partial charge in [-0.1, -0.05) is 18.2 Å². The van der Waals surface area contributed by atoms with Crippen LogP contribution in [0.1, 0.15) is 11.3 Å². The van der Waals surface area contributed by atoms with Crippen molar-refractivity contribution in [3.8, 4) is 5.69 Å². The van der Waals surface area contributed by atoms with Crippen molar-refractivity contribution >= 4 is 21.9 Å². The molecule has 0 radical (unpaired) electrons. The summed E-state index contributed by atoms with van der Waals surface area (Å²) in [6, 6.07) is 17.8. The first-order chi connectivity index (χ1) is 16.8. The summed E-state index contributed by atoms with van der Waals surface area (Å²) in [5.74, 6) is 0.148. The Hall–Kier alpha value is -4.29. The monoisotopic (exact) mass is 494 g/mol. The molecule has 3 heterocycles. The van der Waals surface area contributed by atoms with Crippen LogP contribution in [0.5, 0.6) is 0 Å². The van der Waals surface area contributed by atoms with Crippen LogP contribution >= 0.6 is 0 Å². The zero-order valence-electron chi connectivity index (χ0n) is 18.7. The molecule has 1 amide bonds. The molecule has 0 saturated heterocycles. The SMILES string of the molecule is CN(C(=O)O)c1cccc(CN(Cc2ccc(-n3cccn3)cc2)S(=O)(=O)c2cccc[n+]2[O-])n1. The predicted molar refractivity (Wildman–Crippen MR) is 126 cm³/mol. The Kier molecular flexibility index (Phi) is 6.75. The quantitative estimate of drug-likeness (QED) is 0.293. The molecular formula is C23H22N6O5S. The van der Waals surface area contributed by atoms with E-state index in [9.17, 15) is 23.5 Å². The molecule has 12 heteroatoms. The largest absolute Gasteiger partial charge is 0.618 e. The number of carboxylic acid groups (broad SMARTS) is 1. The number of rotatable bonds is 8. The molecule has 0 bridgehead atoms. The van der Waals surface area contributed by atoms with Crippen LogP contribution in [-0.2, 0) is 23.1 Å². The molecule has 180 valence electrons. The lowest BCUT2D eigenvalue weighted by Crippen LogP contribution is -2.40. The van der Waals surface area contributed by atoms with Crippen LogP contribution in [0.4, 0.5) is 10.6 Å². The molecule has 0 fully saturated rings. The summed E-state index contributed by atoms with van der Waals surface area (Å²) >= 11 is 0. The number of hydrogen-bond donors (Lipinski definition) is 1. The summed E-state index contributed by atoms with van der Waals surface area (Å²) in [7, 11) is -2.89. The number of carbonyl (C=O) groups is 1. The van der Waals surface area contributed by atoms with Crippen molar-refractivity contribution in [1.29, 1.82) is 0 Å². The summed E-state index contributed by atoms with van der Waals surface area (Å²) in [6.45, 7) is -0.225. The summed E-state index contributed by atoms with van der Waals surface area (Å²) in [5, 5.41) is 25.3. The van der Waals surface area contributed by atoms with Crippen molar-refractivity contribution in [1.82, 2.24) is 19.1 Å². The maximum Gasteiger partial charge on any atom is 0.412 e. The molecule has 1 N–H and O–H groups in total. The maximum atomic E-state index is 13.5. The predicted octanol–water partition coefficient (Wildman–Crippen LogP) is 2.41. The van der Waals surface area contributed by atoms with Gasteiger partial charge >= 0.3 is 21.1 Å². The highest BCUT2D eigenvalue weighted by atomic mass is 32.2. The number of benzene rings is 1. The van der Waals surface area contributed by atoms with E-state index in [4.69, 9.17) is 0 Å². The summed E-state index contributed by atoms with van der Waals surface area (Å²) in [6.07, 6.45) is 3.36. The van der Waals surface area contributed by atoms with Gasteiger partial charge in [0.15, 0.2) is 6.20 Å². The molecule has 0 saturated carbocycles. The third-order valence-electron chi connectivity index (χ3n) is 5.22. The fourth-order valence-electron chi connectivity index (χ4n) is 3.37. The molecule has 1 aromatic carbocycles. The van der Waals surface area contributed by atoms with Crippen molar-refractivity contribution in [2.45, 2.75) is 18.1 Å². The fourth-order valence-corrected chi connectivity index (χ4v) is 4.79. The topological polar surface area (TPSA) is 136 Å². The minimum atomic E-state index is -4.23. The van der Waals surface area contributed by atoms with E-state index in [0.717, 1.165) is 21.1 Å². The number of aromatic nitrogens is 4. The minimum absolute atomic E-state index is 0.0444. The zero-order chi connectivity index (χ0) is 25.0. The Morgan fingerprint density at radius 3 is 2.49 bits per heavy atom. The molecule has 3 aromatic heterocycles. The molecule has 0 spiro atoms. The third kappa shape index (κ3) is 5.28. The molecule has 0 atom stereocenters. The van der Waals surface area contributed by atoms with Gasteiger partial charge in [-0.15, -0.1) is 0 Å². The lowest BCUT2D eigenvalue weighted by atomic mass is 10.2. The number of hydrogen-bond acceptors (Lipinski definition) is 6. The van der Waals surface area contributed by atoms with Gasteiger partial charge in [-0.05, 0) is 42.0 Å². The lowest BCUT2D eigenvalue weighted by Gasteiger charge is -2.22. The number of pyridine rings is 2. The Balaban J connectivity index is 1.68. The van der Waals surface area contributed by atoms with Gasteiger partial charge in [-0.25, -0.2) is 22.9 Å². The number of nitrogens with zero attached hydrogens (tertiary/aromatic N) is 6. The first-order valence-corrected chi connectivity index (χ1v) is 11.9. The Bertz CT molecular complexity index is 1430. The van der Waals surface area contributed by atoms with Crippen molar-refractivity contribution in [3.05, 3.63) is 102 Å². The van der Waals surface area contributed by atoms with Crippen LogP contribution in [0.3, 0.4) is 0 Å². The second kappa shape index (κ2) is 9.91. The molecule has 4 rings (SSSR count). The van der Waals surface area contributed by atoms with Gasteiger partial charge in [0, 0.05) is 38.1 Å². The minimum Gasteiger partial charge on any atom is -0.618 e. The molecule has 11 nitrogen and oxygen atoms in total. The fraction of sp³-hybridized carbons (Fsp3) is 0.130. The average molecular weight is 495 g/mol. The molecular weight excluding hydrogens is 472 g/mol. The van der Waals surface area contributed by atoms with Crippen LogP contribution in [0, 0.1) is 5.21 Å². The van der Waals surface area contributed by atoms with Crippen LogP contribution in [0.2, 0.25) is 0 Å². The first kappa shape index (κ1) is 23.9. The molecule has 0 aliphatic carbocycles. The van der Waals surface area contributed by atoms with E-state index < -0.39 is 21.1 Å². The van der Waals surface area contributed by atoms with Crippen LogP contribution in [0.15, 0.2) is 90.3 Å². The van der Waals surface area contributed by atoms with E-state index >= 15 is 0 Å². The molecule has 0 unspecified atom stereocenters. The van der Waals surface area contributed by atoms with Gasteiger partial charge in [0.2, 0.25) is 0 Å². The number of amides is 1. The third-order valence-corrected chi connectivity index (χ3v) is 7.00. The number of sulfonamides is 1. The highest BCUT2D eigenvalue weighted by Gasteiger charge is 2.32. The summed E-state index contributed by atoms with van der Waals surface area (Å²) in [4.78, 5) is 16.5. The van der Waals surface area contributed by atoms with Crippen molar-refractivity contribution in [2.75, 3.05) is 11.9 Å². The molecule has 0 aliphatic rings. The Morgan fingerprint density at radius 1 is 1.06 bits per heavy atom. The Labute approximate surface area is 201 Å².